The Labute approximate surface area is 181 Å². The zero-order valence-electron chi connectivity index (χ0n) is 17.8. The molecule has 0 aliphatic heterocycles. The topological polar surface area (TPSA) is 112 Å². The number of aromatic nitrogens is 1. The van der Waals surface area contributed by atoms with Gasteiger partial charge in [-0.15, -0.1) is 0 Å². The lowest BCUT2D eigenvalue weighted by Crippen LogP contribution is -2.48. The highest BCUT2D eigenvalue weighted by Crippen LogP contribution is 2.34. The number of fused-ring (bicyclic) bond motifs is 5. The van der Waals surface area contributed by atoms with Crippen molar-refractivity contribution in [2.45, 2.75) is 19.0 Å². The smallest absolute Gasteiger partial charge is 0.261 e. The molecule has 0 bridgehead atoms. The highest BCUT2D eigenvalue weighted by Gasteiger charge is 2.21. The van der Waals surface area contributed by atoms with Gasteiger partial charge >= 0.3 is 0 Å². The van der Waals surface area contributed by atoms with Gasteiger partial charge in [0.2, 0.25) is 0 Å². The molecule has 0 spiro atoms. The number of hydrogen-bond acceptors (Lipinski definition) is 5. The van der Waals surface area contributed by atoms with Crippen molar-refractivity contribution in [2.75, 3.05) is 19.5 Å². The van der Waals surface area contributed by atoms with Crippen molar-refractivity contribution in [2.24, 2.45) is 7.05 Å². The van der Waals surface area contributed by atoms with Crippen molar-refractivity contribution in [3.63, 3.8) is 0 Å². The molecular formula is C23H28N2O5S. The molecule has 166 valence electrons. The fourth-order valence-corrected chi connectivity index (χ4v) is 3.62. The molecule has 0 amide bonds. The largest absolute Gasteiger partial charge is 0.394 e. The van der Waals surface area contributed by atoms with Gasteiger partial charge < -0.3 is 20.1 Å². The lowest BCUT2D eigenvalue weighted by Gasteiger charge is -2.26. The Kier molecular flexibility index (Phi) is 6.68. The first-order valence-corrected chi connectivity index (χ1v) is 11.7. The maximum Gasteiger partial charge on any atom is 0.261 e. The van der Waals surface area contributed by atoms with Crippen molar-refractivity contribution < 1.29 is 23.2 Å². The highest BCUT2D eigenvalue weighted by atomic mass is 32.2. The quantitative estimate of drug-likeness (QED) is 0.352. The van der Waals surface area contributed by atoms with Gasteiger partial charge in [0.05, 0.1) is 25.0 Å². The molecule has 1 heterocycles. The average molecular weight is 445 g/mol. The molecule has 0 fully saturated rings. The maximum atomic E-state index is 9.47. The number of aliphatic hydroxyl groups is 2. The number of rotatable bonds is 5. The first kappa shape index (κ1) is 23.2. The molecule has 0 aliphatic carbocycles. The molecule has 31 heavy (non-hydrogen) atoms. The van der Waals surface area contributed by atoms with E-state index in [4.69, 9.17) is 4.55 Å². The Morgan fingerprint density at radius 1 is 0.968 bits per heavy atom. The number of aliphatic hydroxyl groups excluding tert-OH is 2. The Hall–Kier alpha value is -2.49. The summed E-state index contributed by atoms with van der Waals surface area (Å²) in [5, 5.41) is 27.2. The summed E-state index contributed by atoms with van der Waals surface area (Å²) in [4.78, 5) is 0. The van der Waals surface area contributed by atoms with Gasteiger partial charge in [0, 0.05) is 35.4 Å². The molecule has 1 aromatic heterocycles. The number of hydrogen-bond donors (Lipinski definition) is 4. The molecule has 4 N–H and O–H groups in total. The molecule has 7 nitrogen and oxygen atoms in total. The predicted octanol–water partition coefficient (Wildman–Crippen LogP) is 2.82. The van der Waals surface area contributed by atoms with Crippen LogP contribution in [0, 0.1) is 0 Å². The van der Waals surface area contributed by atoms with E-state index in [0.29, 0.717) is 12.8 Å². The van der Waals surface area contributed by atoms with E-state index in [1.54, 1.807) is 0 Å². The van der Waals surface area contributed by atoms with Crippen LogP contribution in [0.1, 0.15) is 12.5 Å². The summed E-state index contributed by atoms with van der Waals surface area (Å²) < 4.78 is 28.1. The zero-order valence-corrected chi connectivity index (χ0v) is 18.6. The predicted molar refractivity (Wildman–Crippen MR) is 125 cm³/mol. The van der Waals surface area contributed by atoms with Gasteiger partial charge in [0.15, 0.2) is 0 Å². The fraction of sp³-hybridized carbons (Fsp3) is 0.304. The summed E-state index contributed by atoms with van der Waals surface area (Å²) in [6, 6.07) is 19.3. The van der Waals surface area contributed by atoms with E-state index in [0.717, 1.165) is 5.56 Å². The molecule has 0 radical (unpaired) electrons. The van der Waals surface area contributed by atoms with E-state index in [-0.39, 0.29) is 13.2 Å². The molecule has 0 saturated heterocycles. The van der Waals surface area contributed by atoms with E-state index in [1.165, 1.54) is 32.6 Å². The lowest BCUT2D eigenvalue weighted by atomic mass is 10.0. The Balaban J connectivity index is 0.000000491. The van der Waals surface area contributed by atoms with Crippen molar-refractivity contribution in [1.29, 1.82) is 0 Å². The van der Waals surface area contributed by atoms with Crippen molar-refractivity contribution in [3.05, 3.63) is 60.2 Å². The molecule has 0 aliphatic rings. The van der Waals surface area contributed by atoms with E-state index in [1.807, 2.05) is 6.92 Å². The van der Waals surface area contributed by atoms with Gasteiger partial charge in [-0.05, 0) is 41.5 Å². The van der Waals surface area contributed by atoms with Crippen LogP contribution in [-0.4, -0.2) is 52.8 Å². The Morgan fingerprint density at radius 2 is 1.58 bits per heavy atom. The second kappa shape index (κ2) is 8.94. The lowest BCUT2D eigenvalue weighted by molar-refractivity contribution is 0.103. The van der Waals surface area contributed by atoms with Crippen LogP contribution in [0.15, 0.2) is 54.6 Å². The van der Waals surface area contributed by atoms with Gasteiger partial charge in [-0.25, -0.2) is 0 Å². The Morgan fingerprint density at radius 3 is 2.23 bits per heavy atom. The van der Waals surface area contributed by atoms with Crippen LogP contribution in [0.25, 0.3) is 32.6 Å². The second-order valence-electron chi connectivity index (χ2n) is 8.05. The van der Waals surface area contributed by atoms with E-state index < -0.39 is 15.7 Å². The van der Waals surface area contributed by atoms with Gasteiger partial charge in [0.25, 0.3) is 10.1 Å². The van der Waals surface area contributed by atoms with Crippen molar-refractivity contribution >= 4 is 42.7 Å². The van der Waals surface area contributed by atoms with E-state index in [9.17, 15) is 18.6 Å². The summed E-state index contributed by atoms with van der Waals surface area (Å²) in [5.41, 5.74) is 2.87. The van der Waals surface area contributed by atoms with Crippen LogP contribution >= 0.6 is 0 Å². The zero-order chi connectivity index (χ0) is 22.8. The minimum atomic E-state index is -3.67. The normalized spacial score (nSPS) is 12.3. The number of benzene rings is 3. The minimum absolute atomic E-state index is 0.106. The molecule has 0 unspecified atom stereocenters. The Bertz CT molecular complexity index is 1320. The maximum absolute atomic E-state index is 9.47. The fourth-order valence-electron chi connectivity index (χ4n) is 3.62. The molecule has 4 aromatic rings. The monoisotopic (exact) mass is 444 g/mol. The molecular weight excluding hydrogens is 416 g/mol. The summed E-state index contributed by atoms with van der Waals surface area (Å²) in [6.45, 7) is 2.20. The highest BCUT2D eigenvalue weighted by molar-refractivity contribution is 7.85. The first-order valence-electron chi connectivity index (χ1n) is 9.84. The average Bonchev–Trinajstić information content (AvgIpc) is 3.03. The van der Waals surface area contributed by atoms with Gasteiger partial charge in [-0.3, -0.25) is 4.55 Å². The van der Waals surface area contributed by atoms with Crippen molar-refractivity contribution in [1.82, 2.24) is 9.88 Å². The van der Waals surface area contributed by atoms with Crippen LogP contribution in [0.5, 0.6) is 0 Å². The van der Waals surface area contributed by atoms with Gasteiger partial charge in [-0.1, -0.05) is 36.4 Å². The third-order valence-electron chi connectivity index (χ3n) is 5.38. The van der Waals surface area contributed by atoms with Crippen LogP contribution in [0.4, 0.5) is 0 Å². The summed E-state index contributed by atoms with van der Waals surface area (Å²) >= 11 is 0. The number of nitrogens with one attached hydrogen (secondary N) is 1. The SMILES string of the molecule is CS(=O)(=O)O.Cn1c2ccc(CNC(C)(CO)CO)cc2c2c3ccccc3ccc21. The third-order valence-corrected chi connectivity index (χ3v) is 5.38. The van der Waals surface area contributed by atoms with Gasteiger partial charge in [-0.2, -0.15) is 8.42 Å². The molecule has 4 rings (SSSR count). The molecule has 0 saturated carbocycles. The van der Waals surface area contributed by atoms with E-state index in [2.05, 4.69) is 71.5 Å². The number of aryl methyl sites for hydroxylation is 1. The first-order chi connectivity index (χ1) is 14.6. The van der Waals surface area contributed by atoms with Crippen molar-refractivity contribution in [3.8, 4) is 0 Å². The summed E-state index contributed by atoms with van der Waals surface area (Å²) in [6.07, 6.45) is 0.715. The molecule has 3 aromatic carbocycles. The van der Waals surface area contributed by atoms with Crippen LogP contribution in [-0.2, 0) is 23.7 Å². The summed E-state index contributed by atoms with van der Waals surface area (Å²) in [7, 11) is -1.56. The molecule has 0 atom stereocenters. The standard InChI is InChI=1S/C22H24N2O2.CH4O3S/c1-22(13-25,14-26)23-12-15-7-9-19-18(11-15)21-17-6-4-3-5-16(17)8-10-20(21)24(19)2;1-5(2,3)4/h3-11,23,25-26H,12-14H2,1-2H3;1H3,(H,2,3,4). The van der Waals surface area contributed by atoms with Crippen LogP contribution < -0.4 is 5.32 Å². The molecule has 8 heteroatoms. The van der Waals surface area contributed by atoms with E-state index >= 15 is 0 Å². The second-order valence-corrected chi connectivity index (χ2v) is 9.52. The third kappa shape index (κ3) is 5.23. The van der Waals surface area contributed by atoms with Crippen LogP contribution in [0.2, 0.25) is 0 Å². The van der Waals surface area contributed by atoms with Gasteiger partial charge in [0.1, 0.15) is 0 Å². The minimum Gasteiger partial charge on any atom is -0.394 e. The van der Waals surface area contributed by atoms with Crippen LogP contribution in [0.3, 0.4) is 0 Å². The summed E-state index contributed by atoms with van der Waals surface area (Å²) in [5.74, 6) is 0. The number of nitrogens with zero attached hydrogens (tertiary/aromatic N) is 1.